The Labute approximate surface area is 388 Å². The molecule has 4 unspecified atom stereocenters. The summed E-state index contributed by atoms with van der Waals surface area (Å²) in [5, 5.41) is 12.4. The van der Waals surface area contributed by atoms with Gasteiger partial charge < -0.3 is 21.3 Å². The SMILES string of the molecule is CCC(C)(C)C(=O)NC(C)(C)CC(C)(C)C.CCC(C)C(=O)NC(C)(C)CC(C)(C)C.CCCCC(CC)CNC(=O)C(C)(C)CC.CCCCC(CC)CNC(=O)C(C)CC. The van der Waals surface area contributed by atoms with Crippen molar-refractivity contribution in [2.24, 2.45) is 45.3 Å². The van der Waals surface area contributed by atoms with Gasteiger partial charge in [0.1, 0.15) is 0 Å². The number of nitrogens with one attached hydrogen (secondary N) is 4. The van der Waals surface area contributed by atoms with Crippen LogP contribution in [-0.2, 0) is 19.2 Å². The standard InChI is InChI=1S/2C14H29NO.2C13H27NO/c1-9-13(5,6)11(16)15-14(7,8)10-12(2,3)4;1-6-9-10-12(7-2)11-15-13(16)14(4,5)8-3;1-8-10(2)11(15)14-13(6,7)9-12(3,4)5;1-5-8-9-12(7-3)10-14-13(15)11(4)6-2/h9-10H2,1-8H3,(H,15,16);12H,6-11H2,1-5H3,(H,15,16);10H,8-9H2,1-7H3,(H,14,15);11-12H,5-10H2,1-4H3,(H,14,15). The van der Waals surface area contributed by atoms with Crippen LogP contribution >= 0.6 is 0 Å². The van der Waals surface area contributed by atoms with Crippen LogP contribution in [0.5, 0.6) is 0 Å². The van der Waals surface area contributed by atoms with E-state index < -0.39 is 0 Å². The minimum absolute atomic E-state index is 0.112. The molecule has 0 radical (unpaired) electrons. The molecule has 0 fully saturated rings. The van der Waals surface area contributed by atoms with Crippen molar-refractivity contribution in [3.8, 4) is 0 Å². The maximum atomic E-state index is 12.1. The van der Waals surface area contributed by atoms with Gasteiger partial charge in [-0.2, -0.15) is 0 Å². The van der Waals surface area contributed by atoms with E-state index in [4.69, 9.17) is 0 Å². The number of hydrogen-bond acceptors (Lipinski definition) is 4. The summed E-state index contributed by atoms with van der Waals surface area (Å²) >= 11 is 0. The Morgan fingerprint density at radius 2 is 0.774 bits per heavy atom. The van der Waals surface area contributed by atoms with E-state index in [2.05, 4.69) is 139 Å². The van der Waals surface area contributed by atoms with Gasteiger partial charge in [-0.3, -0.25) is 19.2 Å². The molecule has 0 saturated heterocycles. The van der Waals surface area contributed by atoms with Gasteiger partial charge in [-0.05, 0) is 102 Å². The van der Waals surface area contributed by atoms with Crippen LogP contribution in [0.3, 0.4) is 0 Å². The highest BCUT2D eigenvalue weighted by Crippen LogP contribution is 2.29. The van der Waals surface area contributed by atoms with Crippen LogP contribution in [0.4, 0.5) is 0 Å². The summed E-state index contributed by atoms with van der Waals surface area (Å²) in [6.07, 6.45) is 15.4. The fourth-order valence-corrected chi connectivity index (χ4v) is 7.15. The number of rotatable bonds is 24. The first-order valence-electron chi connectivity index (χ1n) is 25.3. The predicted molar refractivity (Wildman–Crippen MR) is 272 cm³/mol. The van der Waals surface area contributed by atoms with Crippen molar-refractivity contribution in [3.63, 3.8) is 0 Å². The summed E-state index contributed by atoms with van der Waals surface area (Å²) in [6, 6.07) is 0. The molecule has 4 N–H and O–H groups in total. The van der Waals surface area contributed by atoms with Crippen molar-refractivity contribution in [2.75, 3.05) is 13.1 Å². The van der Waals surface area contributed by atoms with E-state index in [1.54, 1.807) is 0 Å². The van der Waals surface area contributed by atoms with Crippen LogP contribution in [0.1, 0.15) is 256 Å². The predicted octanol–water partition coefficient (Wildman–Crippen LogP) is 14.2. The lowest BCUT2D eigenvalue weighted by Crippen LogP contribution is -2.50. The zero-order chi connectivity index (χ0) is 49.8. The number of carbonyl (C=O) groups is 4. The van der Waals surface area contributed by atoms with Crippen LogP contribution in [0.2, 0.25) is 0 Å². The Balaban J connectivity index is -0.000000362. The normalized spacial score (nSPS) is 14.2. The quantitative estimate of drug-likeness (QED) is 0.0772. The summed E-state index contributed by atoms with van der Waals surface area (Å²) in [4.78, 5) is 47.3. The van der Waals surface area contributed by atoms with Gasteiger partial charge in [0.05, 0.1) is 0 Å². The van der Waals surface area contributed by atoms with E-state index in [9.17, 15) is 19.2 Å². The molecule has 62 heavy (non-hydrogen) atoms. The summed E-state index contributed by atoms with van der Waals surface area (Å²) in [6.45, 7) is 52.3. The molecule has 0 aliphatic carbocycles. The molecule has 8 nitrogen and oxygen atoms in total. The third-order valence-corrected chi connectivity index (χ3v) is 12.2. The molecule has 8 heteroatoms. The summed E-state index contributed by atoms with van der Waals surface area (Å²) < 4.78 is 0. The summed E-state index contributed by atoms with van der Waals surface area (Å²) in [5.74, 6) is 2.33. The lowest BCUT2D eigenvalue weighted by Gasteiger charge is -2.36. The van der Waals surface area contributed by atoms with E-state index in [1.807, 2.05) is 48.5 Å². The van der Waals surface area contributed by atoms with Crippen LogP contribution in [0.15, 0.2) is 0 Å². The topological polar surface area (TPSA) is 116 Å². The third kappa shape index (κ3) is 36.2. The highest BCUT2D eigenvalue weighted by atomic mass is 16.2. The number of amides is 4. The maximum absolute atomic E-state index is 12.1. The second kappa shape index (κ2) is 32.5. The Morgan fingerprint density at radius 1 is 0.435 bits per heavy atom. The lowest BCUT2D eigenvalue weighted by molar-refractivity contribution is -0.131. The largest absolute Gasteiger partial charge is 0.356 e. The molecule has 0 bridgehead atoms. The first-order chi connectivity index (χ1) is 28.1. The van der Waals surface area contributed by atoms with Gasteiger partial charge in [-0.25, -0.2) is 0 Å². The molecule has 0 aromatic carbocycles. The van der Waals surface area contributed by atoms with Gasteiger partial charge in [0.15, 0.2) is 0 Å². The molecular weight excluding hydrogens is 769 g/mol. The Kier molecular flexibility index (Phi) is 34.9. The maximum Gasteiger partial charge on any atom is 0.226 e. The third-order valence-electron chi connectivity index (χ3n) is 12.2. The molecule has 0 heterocycles. The minimum atomic E-state index is -0.269. The molecule has 0 rings (SSSR count). The average molecular weight is 882 g/mol. The molecule has 0 aliphatic heterocycles. The second-order valence-corrected chi connectivity index (χ2v) is 23.6. The van der Waals surface area contributed by atoms with E-state index in [1.165, 1.54) is 44.9 Å². The van der Waals surface area contributed by atoms with Crippen LogP contribution in [0.25, 0.3) is 0 Å². The Morgan fingerprint density at radius 3 is 1.10 bits per heavy atom. The van der Waals surface area contributed by atoms with Crippen LogP contribution < -0.4 is 21.3 Å². The van der Waals surface area contributed by atoms with Gasteiger partial charge in [0.25, 0.3) is 0 Å². The molecule has 372 valence electrons. The zero-order valence-corrected chi connectivity index (χ0v) is 46.3. The van der Waals surface area contributed by atoms with E-state index >= 15 is 0 Å². The van der Waals surface area contributed by atoms with Gasteiger partial charge in [0.2, 0.25) is 23.6 Å². The Hall–Kier alpha value is -2.12. The molecule has 0 aromatic heterocycles. The van der Waals surface area contributed by atoms with Crippen LogP contribution in [-0.4, -0.2) is 47.8 Å². The van der Waals surface area contributed by atoms with E-state index in [-0.39, 0.29) is 68.2 Å². The molecule has 4 amide bonds. The molecule has 0 aliphatic rings. The molecule has 0 saturated carbocycles. The first kappa shape index (κ1) is 66.5. The Bertz CT molecular complexity index is 1190. The second-order valence-electron chi connectivity index (χ2n) is 23.6. The van der Waals surface area contributed by atoms with Crippen molar-refractivity contribution in [1.29, 1.82) is 0 Å². The van der Waals surface area contributed by atoms with Crippen molar-refractivity contribution < 1.29 is 19.2 Å². The molecule has 4 atom stereocenters. The monoisotopic (exact) mass is 881 g/mol. The van der Waals surface area contributed by atoms with Crippen molar-refractivity contribution in [3.05, 3.63) is 0 Å². The summed E-state index contributed by atoms with van der Waals surface area (Å²) in [5.41, 5.74) is -0.266. The number of carbonyl (C=O) groups excluding carboxylic acids is 4. The first-order valence-corrected chi connectivity index (χ1v) is 25.3. The fourth-order valence-electron chi connectivity index (χ4n) is 7.15. The van der Waals surface area contributed by atoms with Gasteiger partial charge in [-0.1, -0.05) is 177 Å². The molecule has 0 aromatic rings. The van der Waals surface area contributed by atoms with E-state index in [0.29, 0.717) is 11.8 Å². The van der Waals surface area contributed by atoms with Crippen LogP contribution in [0, 0.1) is 45.3 Å². The number of unbranched alkanes of at least 4 members (excludes halogenated alkanes) is 2. The van der Waals surface area contributed by atoms with Gasteiger partial charge >= 0.3 is 0 Å². The summed E-state index contributed by atoms with van der Waals surface area (Å²) in [7, 11) is 0. The minimum Gasteiger partial charge on any atom is -0.356 e. The van der Waals surface area contributed by atoms with Crippen molar-refractivity contribution >= 4 is 23.6 Å². The highest BCUT2D eigenvalue weighted by Gasteiger charge is 2.33. The smallest absolute Gasteiger partial charge is 0.226 e. The zero-order valence-electron chi connectivity index (χ0n) is 46.3. The van der Waals surface area contributed by atoms with Crippen molar-refractivity contribution in [1.82, 2.24) is 21.3 Å². The highest BCUT2D eigenvalue weighted by molar-refractivity contribution is 5.82. The fraction of sp³-hybridized carbons (Fsp3) is 0.926. The molecule has 0 spiro atoms. The van der Waals surface area contributed by atoms with E-state index in [0.717, 1.165) is 58.0 Å². The van der Waals surface area contributed by atoms with Gasteiger partial charge in [-0.15, -0.1) is 0 Å². The van der Waals surface area contributed by atoms with Crippen molar-refractivity contribution in [2.45, 2.75) is 267 Å². The van der Waals surface area contributed by atoms with Gasteiger partial charge in [0, 0.05) is 46.8 Å². The lowest BCUT2D eigenvalue weighted by atomic mass is 9.80. The molecular formula is C54H112N4O4. The average Bonchev–Trinajstić information content (AvgIpc) is 3.15. The number of hydrogen-bond donors (Lipinski definition) is 4.